The molecule has 1 aliphatic heterocycles. The monoisotopic (exact) mass is 316 g/mol. The van der Waals surface area contributed by atoms with Crippen molar-refractivity contribution in [1.29, 1.82) is 0 Å². The van der Waals surface area contributed by atoms with E-state index in [-0.39, 0.29) is 11.8 Å². The largest absolute Gasteiger partial charge is 0.271 e. The molecule has 1 aromatic rings. The van der Waals surface area contributed by atoms with E-state index in [1.807, 2.05) is 25.1 Å². The molecular weight excluding hydrogens is 296 g/mol. The topological polar surface area (TPSA) is 72.2 Å². The van der Waals surface area contributed by atoms with Crippen LogP contribution in [0.25, 0.3) is 0 Å². The van der Waals surface area contributed by atoms with Gasteiger partial charge in [-0.15, -0.1) is 0 Å². The minimum Gasteiger partial charge on any atom is -0.271 e. The highest BCUT2D eigenvalue weighted by Crippen LogP contribution is 2.26. The number of aryl methyl sites for hydroxylation is 1. The molecule has 0 aliphatic carbocycles. The Hall–Kier alpha value is -0.620. The van der Waals surface area contributed by atoms with Crippen molar-refractivity contribution >= 4 is 21.4 Å². The first-order valence-electron chi connectivity index (χ1n) is 6.87. The standard InChI is InChI=1S/C14H21ClN2O2S/c1-10-5-6-11(12(15)8-10)9-13(17-16)14-4-2-3-7-20(14,18)19/h5-6,8,13-14,17H,2-4,7,9,16H2,1H3. The Morgan fingerprint density at radius 1 is 1.45 bits per heavy atom. The summed E-state index contributed by atoms with van der Waals surface area (Å²) in [5, 5.41) is 0.247. The first-order chi connectivity index (χ1) is 9.44. The summed E-state index contributed by atoms with van der Waals surface area (Å²) >= 11 is 6.22. The van der Waals surface area contributed by atoms with Gasteiger partial charge < -0.3 is 0 Å². The molecule has 1 heterocycles. The van der Waals surface area contributed by atoms with Crippen LogP contribution in [-0.2, 0) is 16.3 Å². The number of hydrazine groups is 1. The van der Waals surface area contributed by atoms with Crippen LogP contribution in [-0.4, -0.2) is 25.5 Å². The first-order valence-corrected chi connectivity index (χ1v) is 8.96. The second-order valence-corrected chi connectivity index (χ2v) is 8.22. The van der Waals surface area contributed by atoms with Crippen molar-refractivity contribution in [3.8, 4) is 0 Å². The molecule has 0 bridgehead atoms. The third-order valence-electron chi connectivity index (χ3n) is 3.94. The highest BCUT2D eigenvalue weighted by molar-refractivity contribution is 7.92. The maximum Gasteiger partial charge on any atom is 0.154 e. The molecule has 20 heavy (non-hydrogen) atoms. The Balaban J connectivity index is 2.20. The molecule has 2 rings (SSSR count). The highest BCUT2D eigenvalue weighted by atomic mass is 35.5. The third-order valence-corrected chi connectivity index (χ3v) is 6.64. The lowest BCUT2D eigenvalue weighted by Gasteiger charge is -2.29. The lowest BCUT2D eigenvalue weighted by atomic mass is 9.99. The number of rotatable bonds is 4. The van der Waals surface area contributed by atoms with Crippen LogP contribution in [0.15, 0.2) is 18.2 Å². The quantitative estimate of drug-likeness (QED) is 0.658. The second-order valence-electron chi connectivity index (χ2n) is 5.47. The van der Waals surface area contributed by atoms with E-state index in [9.17, 15) is 8.42 Å². The number of benzene rings is 1. The van der Waals surface area contributed by atoms with Crippen molar-refractivity contribution in [2.45, 2.75) is 43.9 Å². The van der Waals surface area contributed by atoms with Crippen LogP contribution >= 0.6 is 11.6 Å². The average Bonchev–Trinajstić information content (AvgIpc) is 2.38. The van der Waals surface area contributed by atoms with Gasteiger partial charge in [0.1, 0.15) is 0 Å². The maximum absolute atomic E-state index is 12.2. The number of hydrogen-bond acceptors (Lipinski definition) is 4. The zero-order valence-corrected chi connectivity index (χ0v) is 13.2. The van der Waals surface area contributed by atoms with Crippen LogP contribution in [0.2, 0.25) is 5.02 Å². The van der Waals surface area contributed by atoms with Crippen LogP contribution in [0.1, 0.15) is 30.4 Å². The van der Waals surface area contributed by atoms with E-state index in [1.54, 1.807) is 0 Å². The molecule has 0 radical (unpaired) electrons. The van der Waals surface area contributed by atoms with E-state index in [2.05, 4.69) is 5.43 Å². The van der Waals surface area contributed by atoms with Crippen LogP contribution in [0, 0.1) is 6.92 Å². The highest BCUT2D eigenvalue weighted by Gasteiger charge is 2.35. The van der Waals surface area contributed by atoms with Crippen molar-refractivity contribution in [1.82, 2.24) is 5.43 Å². The Kier molecular flexibility index (Phi) is 5.07. The van der Waals surface area contributed by atoms with E-state index in [0.29, 0.717) is 17.9 Å². The van der Waals surface area contributed by atoms with E-state index >= 15 is 0 Å². The lowest BCUT2D eigenvalue weighted by Crippen LogP contribution is -2.50. The summed E-state index contributed by atoms with van der Waals surface area (Å²) in [6.45, 7) is 1.97. The van der Waals surface area contributed by atoms with Gasteiger partial charge in [-0.3, -0.25) is 11.3 Å². The van der Waals surface area contributed by atoms with Gasteiger partial charge in [-0.25, -0.2) is 8.42 Å². The lowest BCUT2D eigenvalue weighted by molar-refractivity contribution is 0.440. The SMILES string of the molecule is Cc1ccc(CC(NN)C2CCCCS2(=O)=O)c(Cl)c1. The zero-order chi connectivity index (χ0) is 14.8. The van der Waals surface area contributed by atoms with Crippen LogP contribution in [0.4, 0.5) is 0 Å². The van der Waals surface area contributed by atoms with E-state index < -0.39 is 15.1 Å². The molecule has 2 unspecified atom stereocenters. The molecular formula is C14H21ClN2O2S. The summed E-state index contributed by atoms with van der Waals surface area (Å²) in [6.07, 6.45) is 2.88. The molecule has 112 valence electrons. The van der Waals surface area contributed by atoms with Crippen molar-refractivity contribution in [3.05, 3.63) is 34.3 Å². The second kappa shape index (κ2) is 6.43. The fourth-order valence-electron chi connectivity index (χ4n) is 2.78. The third kappa shape index (κ3) is 3.52. The van der Waals surface area contributed by atoms with Crippen molar-refractivity contribution < 1.29 is 8.42 Å². The molecule has 2 atom stereocenters. The number of halogens is 1. The van der Waals surface area contributed by atoms with Gasteiger partial charge in [-0.1, -0.05) is 30.2 Å². The summed E-state index contributed by atoms with van der Waals surface area (Å²) < 4.78 is 24.4. The van der Waals surface area contributed by atoms with Gasteiger partial charge in [-0.05, 0) is 43.4 Å². The molecule has 0 aromatic heterocycles. The van der Waals surface area contributed by atoms with Crippen molar-refractivity contribution in [3.63, 3.8) is 0 Å². The molecule has 1 saturated heterocycles. The predicted octanol–water partition coefficient (Wildman–Crippen LogP) is 1.99. The van der Waals surface area contributed by atoms with Crippen LogP contribution in [0.5, 0.6) is 0 Å². The fourth-order valence-corrected chi connectivity index (χ4v) is 5.21. The normalized spacial score (nSPS) is 23.4. The summed E-state index contributed by atoms with van der Waals surface area (Å²) in [5.74, 6) is 5.86. The van der Waals surface area contributed by atoms with Gasteiger partial charge in [0.2, 0.25) is 0 Å². The Bertz CT molecular complexity index is 575. The molecule has 4 nitrogen and oxygen atoms in total. The molecule has 1 aromatic carbocycles. The molecule has 1 aliphatic rings. The Morgan fingerprint density at radius 3 is 2.80 bits per heavy atom. The summed E-state index contributed by atoms with van der Waals surface area (Å²) in [7, 11) is -3.06. The zero-order valence-electron chi connectivity index (χ0n) is 11.6. The van der Waals surface area contributed by atoms with Gasteiger partial charge in [0.25, 0.3) is 0 Å². The van der Waals surface area contributed by atoms with E-state index in [0.717, 1.165) is 24.0 Å². The molecule has 3 N–H and O–H groups in total. The van der Waals surface area contributed by atoms with Crippen molar-refractivity contribution in [2.75, 3.05) is 5.75 Å². The first kappa shape index (κ1) is 15.8. The molecule has 0 amide bonds. The molecule has 0 spiro atoms. The average molecular weight is 317 g/mol. The minimum absolute atomic E-state index is 0.261. The predicted molar refractivity (Wildman–Crippen MR) is 82.4 cm³/mol. The van der Waals surface area contributed by atoms with Gasteiger partial charge in [0.05, 0.1) is 11.0 Å². The number of hydrogen-bond donors (Lipinski definition) is 2. The molecule has 0 saturated carbocycles. The number of nitrogens with one attached hydrogen (secondary N) is 1. The number of sulfone groups is 1. The van der Waals surface area contributed by atoms with Crippen LogP contribution in [0.3, 0.4) is 0 Å². The summed E-state index contributed by atoms with van der Waals surface area (Å²) in [5.41, 5.74) is 4.70. The van der Waals surface area contributed by atoms with E-state index in [1.165, 1.54) is 0 Å². The van der Waals surface area contributed by atoms with Crippen LogP contribution < -0.4 is 11.3 Å². The fraction of sp³-hybridized carbons (Fsp3) is 0.571. The van der Waals surface area contributed by atoms with Gasteiger partial charge in [0.15, 0.2) is 9.84 Å². The van der Waals surface area contributed by atoms with Crippen molar-refractivity contribution in [2.24, 2.45) is 5.84 Å². The number of nitrogens with two attached hydrogens (primary N) is 1. The molecule has 6 heteroatoms. The Morgan fingerprint density at radius 2 is 2.20 bits per heavy atom. The summed E-state index contributed by atoms with van der Waals surface area (Å²) in [4.78, 5) is 0. The smallest absolute Gasteiger partial charge is 0.154 e. The summed E-state index contributed by atoms with van der Waals surface area (Å²) in [6, 6.07) is 5.52. The molecule has 1 fully saturated rings. The maximum atomic E-state index is 12.2. The van der Waals surface area contributed by atoms with Gasteiger partial charge in [-0.2, -0.15) is 0 Å². The Labute approximate surface area is 125 Å². The minimum atomic E-state index is -3.06. The van der Waals surface area contributed by atoms with E-state index in [4.69, 9.17) is 17.4 Å². The van der Waals surface area contributed by atoms with Gasteiger partial charge >= 0.3 is 0 Å². The van der Waals surface area contributed by atoms with Gasteiger partial charge in [0, 0.05) is 11.1 Å².